The second-order valence-electron chi connectivity index (χ2n) is 7.97. The van der Waals surface area contributed by atoms with Crippen LogP contribution in [-0.4, -0.2) is 35.9 Å². The molecule has 0 aliphatic carbocycles. The zero-order chi connectivity index (χ0) is 25.9. The van der Waals surface area contributed by atoms with Gasteiger partial charge in [-0.1, -0.05) is 48.5 Å². The van der Waals surface area contributed by atoms with Crippen LogP contribution in [0.3, 0.4) is 0 Å². The predicted octanol–water partition coefficient (Wildman–Crippen LogP) is 6.72. The van der Waals surface area contributed by atoms with Crippen molar-refractivity contribution in [2.24, 2.45) is 4.99 Å². The molecule has 3 rings (SSSR count). The number of amides is 2. The summed E-state index contributed by atoms with van der Waals surface area (Å²) in [5, 5.41) is 0.241. The Balaban J connectivity index is 2.25. The van der Waals surface area contributed by atoms with E-state index in [1.807, 2.05) is 0 Å². The van der Waals surface area contributed by atoms with Crippen molar-refractivity contribution in [3.8, 4) is 0 Å². The summed E-state index contributed by atoms with van der Waals surface area (Å²) in [7, 11) is -3.92. The number of rotatable bonds is 8. The van der Waals surface area contributed by atoms with Crippen LogP contribution in [-0.2, 0) is 18.5 Å². The van der Waals surface area contributed by atoms with E-state index in [1.54, 1.807) is 50.2 Å². The highest BCUT2D eigenvalue weighted by Gasteiger charge is 2.62. The number of aliphatic imine (C=N–C) groups is 1. The number of amidine groups is 1. The number of halogens is 3. The molecule has 2 aromatic rings. The van der Waals surface area contributed by atoms with Crippen LogP contribution in [0.2, 0.25) is 0 Å². The lowest BCUT2D eigenvalue weighted by Gasteiger charge is -2.44. The van der Waals surface area contributed by atoms with Crippen molar-refractivity contribution < 1.29 is 31.6 Å². The van der Waals surface area contributed by atoms with Crippen molar-refractivity contribution in [1.29, 1.82) is 0 Å². The van der Waals surface area contributed by atoms with Gasteiger partial charge in [0.2, 0.25) is 4.87 Å². The van der Waals surface area contributed by atoms with E-state index in [1.165, 1.54) is 38.1 Å². The van der Waals surface area contributed by atoms with Gasteiger partial charge in [-0.25, -0.2) is 14.7 Å². The molecule has 12 heteroatoms. The average molecular weight is 530 g/mol. The first-order chi connectivity index (χ1) is 16.4. The summed E-state index contributed by atoms with van der Waals surface area (Å²) in [6, 6.07) is 14.2. The zero-order valence-corrected chi connectivity index (χ0v) is 21.4. The normalized spacial score (nSPS) is 20.7. The number of nitrogens with zero attached hydrogens (tertiary/aromatic N) is 2. The van der Waals surface area contributed by atoms with Crippen LogP contribution in [0, 0.1) is 0 Å². The highest BCUT2D eigenvalue weighted by Crippen LogP contribution is 2.61. The lowest BCUT2D eigenvalue weighted by molar-refractivity contribution is -0.167. The van der Waals surface area contributed by atoms with E-state index in [0.717, 1.165) is 4.90 Å². The summed E-state index contributed by atoms with van der Waals surface area (Å²) in [6.07, 6.45) is -4.90. The highest BCUT2D eigenvalue weighted by molar-refractivity contribution is 8.15. The topological polar surface area (TPSA) is 80.2 Å². The van der Waals surface area contributed by atoms with Gasteiger partial charge in [-0.3, -0.25) is 4.57 Å². The molecule has 35 heavy (non-hydrogen) atoms. The maximum atomic E-state index is 14.7. The highest BCUT2D eigenvalue weighted by atomic mass is 32.2. The smallest absolute Gasteiger partial charge is 0.311 e. The quantitative estimate of drug-likeness (QED) is 0.384. The Bertz CT molecular complexity index is 1110. The van der Waals surface area contributed by atoms with Crippen molar-refractivity contribution in [1.82, 2.24) is 5.32 Å². The van der Waals surface area contributed by atoms with Gasteiger partial charge < -0.3 is 14.4 Å². The molecule has 1 fully saturated rings. The molecule has 0 saturated carbocycles. The van der Waals surface area contributed by atoms with Crippen LogP contribution in [0.1, 0.15) is 33.3 Å². The molecular formula is C23H27F3N3O4PS. The predicted molar refractivity (Wildman–Crippen MR) is 132 cm³/mol. The first-order valence-corrected chi connectivity index (χ1v) is 13.2. The van der Waals surface area contributed by atoms with Gasteiger partial charge in [0.05, 0.1) is 18.9 Å². The minimum absolute atomic E-state index is 0.0398. The molecule has 2 aromatic carbocycles. The van der Waals surface area contributed by atoms with Crippen LogP contribution in [0.25, 0.3) is 0 Å². The molecule has 1 aliphatic heterocycles. The third-order valence-electron chi connectivity index (χ3n) is 5.15. The maximum Gasteiger partial charge on any atom is 0.425 e. The van der Waals surface area contributed by atoms with Gasteiger partial charge in [0.15, 0.2) is 10.4 Å². The molecule has 190 valence electrons. The molecular weight excluding hydrogens is 502 g/mol. The Morgan fingerprint density at radius 2 is 1.51 bits per heavy atom. The summed E-state index contributed by atoms with van der Waals surface area (Å²) in [6.45, 7) is 6.21. The minimum atomic E-state index is -4.90. The number of alkyl halides is 3. The van der Waals surface area contributed by atoms with E-state index >= 15 is 0 Å². The number of hydrogen-bond acceptors (Lipinski definition) is 6. The van der Waals surface area contributed by atoms with E-state index in [4.69, 9.17) is 9.05 Å². The lowest BCUT2D eigenvalue weighted by atomic mass is 10.1. The summed E-state index contributed by atoms with van der Waals surface area (Å²) in [4.78, 5) is 16.0. The first kappa shape index (κ1) is 27.3. The third-order valence-corrected chi connectivity index (χ3v) is 9.12. The molecule has 0 unspecified atom stereocenters. The fraction of sp³-hybridized carbons (Fsp3) is 0.391. The van der Waals surface area contributed by atoms with Crippen LogP contribution in [0.5, 0.6) is 0 Å². The van der Waals surface area contributed by atoms with Gasteiger partial charge in [0, 0.05) is 0 Å². The number of para-hydroxylation sites is 1. The fourth-order valence-electron chi connectivity index (χ4n) is 3.46. The molecule has 0 spiro atoms. The van der Waals surface area contributed by atoms with Crippen LogP contribution >= 0.6 is 19.4 Å². The van der Waals surface area contributed by atoms with Crippen molar-refractivity contribution in [2.75, 3.05) is 18.1 Å². The fourth-order valence-corrected chi connectivity index (χ4v) is 6.47. The first-order valence-electron chi connectivity index (χ1n) is 10.9. The van der Waals surface area contributed by atoms with Gasteiger partial charge in [0.1, 0.15) is 0 Å². The van der Waals surface area contributed by atoms with Crippen LogP contribution < -0.4 is 10.2 Å². The number of thioether (sulfide) groups is 1. The molecule has 0 radical (unpaired) electrons. The molecule has 1 N–H and O–H groups in total. The van der Waals surface area contributed by atoms with Gasteiger partial charge in [-0.05, 0) is 57.2 Å². The second-order valence-corrected chi connectivity index (χ2v) is 11.8. The Labute approximate surface area is 206 Å². The van der Waals surface area contributed by atoms with E-state index in [-0.39, 0.29) is 23.9 Å². The molecule has 0 aromatic heterocycles. The SMILES string of the molecule is CCOP(=O)(OCC)C(C)(C)N=C1S[C@@](c2ccccc2)(C(F)(F)F)NC(=O)N1c1ccccc1. The Morgan fingerprint density at radius 3 is 2.00 bits per heavy atom. The van der Waals surface area contributed by atoms with Gasteiger partial charge in [-0.15, -0.1) is 0 Å². The van der Waals surface area contributed by atoms with Gasteiger partial charge >= 0.3 is 19.8 Å². The lowest BCUT2D eigenvalue weighted by Crippen LogP contribution is -2.63. The monoisotopic (exact) mass is 529 g/mol. The van der Waals surface area contributed by atoms with Gasteiger partial charge in [0.25, 0.3) is 0 Å². The average Bonchev–Trinajstić information content (AvgIpc) is 2.79. The molecule has 2 amide bonds. The van der Waals surface area contributed by atoms with Crippen molar-refractivity contribution in [2.45, 2.75) is 44.0 Å². The number of nitrogens with one attached hydrogen (secondary N) is 1. The molecule has 7 nitrogen and oxygen atoms in total. The summed E-state index contributed by atoms with van der Waals surface area (Å²) >= 11 is 0.312. The minimum Gasteiger partial charge on any atom is -0.311 e. The summed E-state index contributed by atoms with van der Waals surface area (Å²) in [5.41, 5.74) is 0.111. The summed E-state index contributed by atoms with van der Waals surface area (Å²) in [5.74, 6) is 0. The number of benzene rings is 2. The molecule has 0 bridgehead atoms. The van der Waals surface area contributed by atoms with E-state index in [2.05, 4.69) is 10.3 Å². The zero-order valence-electron chi connectivity index (χ0n) is 19.7. The van der Waals surface area contributed by atoms with Crippen molar-refractivity contribution in [3.63, 3.8) is 0 Å². The van der Waals surface area contributed by atoms with Crippen molar-refractivity contribution in [3.05, 3.63) is 66.2 Å². The van der Waals surface area contributed by atoms with Crippen LogP contribution in [0.15, 0.2) is 65.7 Å². The largest absolute Gasteiger partial charge is 0.425 e. The molecule has 1 aliphatic rings. The van der Waals surface area contributed by atoms with E-state index in [9.17, 15) is 22.5 Å². The Hall–Kier alpha value is -2.33. The molecule has 1 atom stereocenters. The van der Waals surface area contributed by atoms with Gasteiger partial charge in [-0.2, -0.15) is 13.2 Å². The van der Waals surface area contributed by atoms with E-state index < -0.39 is 30.0 Å². The van der Waals surface area contributed by atoms with Crippen molar-refractivity contribution >= 4 is 36.2 Å². The Kier molecular flexibility index (Phi) is 8.06. The second kappa shape index (κ2) is 10.3. The molecule has 1 heterocycles. The maximum absolute atomic E-state index is 14.7. The van der Waals surface area contributed by atoms with Crippen LogP contribution in [0.4, 0.5) is 23.7 Å². The van der Waals surface area contributed by atoms with E-state index in [0.29, 0.717) is 17.4 Å². The third kappa shape index (κ3) is 5.28. The molecule has 1 saturated heterocycles. The summed E-state index contributed by atoms with van der Waals surface area (Å²) < 4.78 is 68.4. The Morgan fingerprint density at radius 1 is 1.00 bits per heavy atom. The number of anilines is 1. The standard InChI is InChI=1S/C23H27F3N3O4PS/c1-5-32-34(31,33-6-2)21(3,4)28-20-29(18-15-11-8-12-16-18)19(30)27-22(35-20,23(24,25)26)17-13-9-7-10-14-17/h7-16H,5-6H2,1-4H3,(H,27,30)/t22-/m0/s1. The number of hydrogen-bond donors (Lipinski definition) is 1. The number of carbonyl (C=O) groups is 1. The number of carbonyl (C=O) groups excluding carboxylic acids is 1. The number of urea groups is 1.